The van der Waals surface area contributed by atoms with Crippen molar-refractivity contribution in [3.05, 3.63) is 65.1 Å². The van der Waals surface area contributed by atoms with Crippen molar-refractivity contribution >= 4 is 29.8 Å². The first-order valence-corrected chi connectivity index (χ1v) is 10.1. The maximum absolute atomic E-state index is 11.8. The van der Waals surface area contributed by atoms with Gasteiger partial charge < -0.3 is 21.1 Å². The largest absolute Gasteiger partial charge is 0.488 e. The zero-order chi connectivity index (χ0) is 22.8. The van der Waals surface area contributed by atoms with Crippen LogP contribution in [0.4, 0.5) is 5.82 Å². The van der Waals surface area contributed by atoms with Crippen LogP contribution >= 0.6 is 0 Å². The molecule has 0 saturated carbocycles. The molecule has 0 aliphatic carbocycles. The van der Waals surface area contributed by atoms with Crippen LogP contribution in [0.15, 0.2) is 42.5 Å². The summed E-state index contributed by atoms with van der Waals surface area (Å²) in [6.07, 6.45) is 0.623. The molecule has 162 valence electrons. The molecule has 0 atom stereocenters. The Hall–Kier alpha value is -3.83. The second-order valence-corrected chi connectivity index (χ2v) is 7.29. The van der Waals surface area contributed by atoms with Gasteiger partial charge in [0.1, 0.15) is 11.4 Å². The number of pyridine rings is 1. The van der Waals surface area contributed by atoms with Crippen molar-refractivity contribution in [3.8, 4) is 11.4 Å². The number of rotatable bonds is 7. The van der Waals surface area contributed by atoms with Crippen molar-refractivity contribution in [2.45, 2.75) is 26.8 Å². The van der Waals surface area contributed by atoms with Crippen molar-refractivity contribution in [1.29, 1.82) is 0 Å². The molecule has 4 aromatic rings. The van der Waals surface area contributed by atoms with Gasteiger partial charge in [0.25, 0.3) is 5.91 Å². The zero-order valence-electron chi connectivity index (χ0n) is 17.6. The van der Waals surface area contributed by atoms with Gasteiger partial charge in [0, 0.05) is 6.54 Å². The number of hydrogen-bond acceptors (Lipinski definition) is 8. The van der Waals surface area contributed by atoms with Crippen molar-refractivity contribution in [2.75, 3.05) is 5.32 Å². The van der Waals surface area contributed by atoms with Gasteiger partial charge in [-0.2, -0.15) is 5.10 Å². The zero-order valence-corrected chi connectivity index (χ0v) is 17.6. The molecule has 11 heteroatoms. The Bertz CT molecular complexity index is 1310. The van der Waals surface area contributed by atoms with Crippen molar-refractivity contribution in [1.82, 2.24) is 24.8 Å². The fourth-order valence-corrected chi connectivity index (χ4v) is 3.53. The summed E-state index contributed by atoms with van der Waals surface area (Å²) in [6, 6.07) is 12.1. The van der Waals surface area contributed by atoms with Crippen LogP contribution in [0.5, 0.6) is 0 Å². The Balaban J connectivity index is 1.72. The van der Waals surface area contributed by atoms with E-state index in [0.29, 0.717) is 52.5 Å². The molecule has 0 unspecified atom stereocenters. The predicted octanol–water partition coefficient (Wildman–Crippen LogP) is 0.448. The number of benzene rings is 1. The number of fused-ring (bicyclic) bond motifs is 1. The number of carbonyl (C=O) groups excluding carboxylic acids is 1. The van der Waals surface area contributed by atoms with Gasteiger partial charge in [-0.1, -0.05) is 37.3 Å². The number of nitrogens with two attached hydrogens (primary N) is 1. The first kappa shape index (κ1) is 21.4. The van der Waals surface area contributed by atoms with Crippen molar-refractivity contribution in [3.63, 3.8) is 0 Å². The number of aryl methyl sites for hydroxylation is 2. The number of anilines is 1. The van der Waals surface area contributed by atoms with Gasteiger partial charge in [-0.05, 0) is 36.5 Å². The summed E-state index contributed by atoms with van der Waals surface area (Å²) in [7, 11) is -1.53. The highest BCUT2D eigenvalue weighted by molar-refractivity contribution is 6.58. The molecule has 3 aromatic heterocycles. The third-order valence-electron chi connectivity index (χ3n) is 5.11. The highest BCUT2D eigenvalue weighted by Gasteiger charge is 2.19. The van der Waals surface area contributed by atoms with Gasteiger partial charge in [0.05, 0.1) is 16.8 Å². The number of nitrogens with one attached hydrogen (secondary N) is 1. The number of hydrogen-bond donors (Lipinski definition) is 4. The Labute approximate surface area is 184 Å². The molecule has 3 heterocycles. The molecule has 1 aromatic carbocycles. The lowest BCUT2D eigenvalue weighted by atomic mass is 9.80. The van der Waals surface area contributed by atoms with Gasteiger partial charge >= 0.3 is 7.12 Å². The van der Waals surface area contributed by atoms with Crippen LogP contribution in [0.3, 0.4) is 0 Å². The van der Waals surface area contributed by atoms with Gasteiger partial charge in [0.2, 0.25) is 0 Å². The fraction of sp³-hybridized carbons (Fsp3) is 0.190. The molecule has 5 N–H and O–H groups in total. The molecular weight excluding hydrogens is 409 g/mol. The Kier molecular flexibility index (Phi) is 5.84. The minimum atomic E-state index is -1.53. The first-order chi connectivity index (χ1) is 15.4. The fourth-order valence-electron chi connectivity index (χ4n) is 3.53. The molecule has 10 nitrogen and oxygen atoms in total. The molecule has 0 saturated heterocycles. The summed E-state index contributed by atoms with van der Waals surface area (Å²) in [4.78, 5) is 16.5. The van der Waals surface area contributed by atoms with E-state index in [1.807, 2.05) is 26.0 Å². The van der Waals surface area contributed by atoms with E-state index < -0.39 is 13.0 Å². The SMILES string of the molecule is CCc1nnc(-c2c(C)nn3c(C(N)=O)cccc23)nc1NCc1cccc(B(O)O)c1. The number of aromatic nitrogens is 5. The summed E-state index contributed by atoms with van der Waals surface area (Å²) in [6.45, 7) is 4.17. The van der Waals surface area contributed by atoms with E-state index in [1.165, 1.54) is 4.52 Å². The summed E-state index contributed by atoms with van der Waals surface area (Å²) < 4.78 is 1.49. The van der Waals surface area contributed by atoms with Crippen LogP contribution in [0, 0.1) is 6.92 Å². The third kappa shape index (κ3) is 4.03. The van der Waals surface area contributed by atoms with Crippen LogP contribution in [0.2, 0.25) is 0 Å². The predicted molar refractivity (Wildman–Crippen MR) is 120 cm³/mol. The van der Waals surface area contributed by atoms with Crippen LogP contribution < -0.4 is 16.5 Å². The number of nitrogens with zero attached hydrogens (tertiary/aromatic N) is 5. The van der Waals surface area contributed by atoms with E-state index in [2.05, 4.69) is 20.6 Å². The normalized spacial score (nSPS) is 11.0. The lowest BCUT2D eigenvalue weighted by Crippen LogP contribution is -2.30. The van der Waals surface area contributed by atoms with E-state index in [0.717, 1.165) is 5.56 Å². The van der Waals surface area contributed by atoms with Crippen LogP contribution in [0.1, 0.15) is 34.4 Å². The molecule has 32 heavy (non-hydrogen) atoms. The smallest absolute Gasteiger partial charge is 0.423 e. The van der Waals surface area contributed by atoms with Gasteiger partial charge in [-0.3, -0.25) is 4.79 Å². The highest BCUT2D eigenvalue weighted by atomic mass is 16.4. The minimum absolute atomic E-state index is 0.263. The van der Waals surface area contributed by atoms with E-state index in [-0.39, 0.29) is 5.69 Å². The van der Waals surface area contributed by atoms with E-state index in [4.69, 9.17) is 10.7 Å². The molecule has 0 radical (unpaired) electrons. The van der Waals surface area contributed by atoms with Gasteiger partial charge in [0.15, 0.2) is 11.6 Å². The lowest BCUT2D eigenvalue weighted by molar-refractivity contribution is 0.0993. The Morgan fingerprint density at radius 2 is 1.97 bits per heavy atom. The molecular formula is C21H22BN7O3. The first-order valence-electron chi connectivity index (χ1n) is 10.1. The van der Waals surface area contributed by atoms with Crippen molar-refractivity contribution in [2.24, 2.45) is 5.73 Å². The maximum atomic E-state index is 11.8. The topological polar surface area (TPSA) is 152 Å². The summed E-state index contributed by atoms with van der Waals surface area (Å²) in [5, 5.41) is 35.1. The van der Waals surface area contributed by atoms with Gasteiger partial charge in [-0.25, -0.2) is 9.50 Å². The second-order valence-electron chi connectivity index (χ2n) is 7.29. The van der Waals surface area contributed by atoms with Crippen LogP contribution in [-0.4, -0.2) is 47.9 Å². The Morgan fingerprint density at radius 1 is 1.19 bits per heavy atom. The molecule has 1 amide bonds. The average molecular weight is 431 g/mol. The molecule has 0 aliphatic heterocycles. The maximum Gasteiger partial charge on any atom is 0.488 e. The van der Waals surface area contributed by atoms with Crippen LogP contribution in [0.25, 0.3) is 16.9 Å². The molecule has 0 fully saturated rings. The molecule has 0 spiro atoms. The molecule has 0 bridgehead atoms. The van der Waals surface area contributed by atoms with E-state index in [9.17, 15) is 14.8 Å². The standard InChI is InChI=1S/C21H22BN7O3/c1-3-15-20(24-11-13-6-4-7-14(10-13)22(31)32)25-21(27-26-15)18-12(2)28-29-16(18)8-5-9-17(29)19(23)30/h4-10,31-32H,3,11H2,1-2H3,(H2,23,30)(H,24,25,27). The third-order valence-corrected chi connectivity index (χ3v) is 5.11. The number of amides is 1. The Morgan fingerprint density at radius 3 is 2.69 bits per heavy atom. The van der Waals surface area contributed by atoms with E-state index in [1.54, 1.807) is 30.3 Å². The summed E-state index contributed by atoms with van der Waals surface area (Å²) in [5.74, 6) is 0.359. The van der Waals surface area contributed by atoms with E-state index >= 15 is 0 Å². The van der Waals surface area contributed by atoms with Gasteiger partial charge in [-0.15, -0.1) is 10.2 Å². The summed E-state index contributed by atoms with van der Waals surface area (Å²) >= 11 is 0. The monoisotopic (exact) mass is 431 g/mol. The lowest BCUT2D eigenvalue weighted by Gasteiger charge is -2.11. The second kappa shape index (κ2) is 8.73. The van der Waals surface area contributed by atoms with Crippen LogP contribution in [-0.2, 0) is 13.0 Å². The molecule has 0 aliphatic rings. The quantitative estimate of drug-likeness (QED) is 0.308. The highest BCUT2D eigenvalue weighted by Crippen LogP contribution is 2.27. The molecule has 4 rings (SSSR count). The van der Waals surface area contributed by atoms with Crippen molar-refractivity contribution < 1.29 is 14.8 Å². The number of primary amides is 1. The average Bonchev–Trinajstić information content (AvgIpc) is 3.13. The summed E-state index contributed by atoms with van der Waals surface area (Å²) in [5.41, 5.74) is 9.66. The minimum Gasteiger partial charge on any atom is -0.423 e. The number of carbonyl (C=O) groups is 1.